The number of para-hydroxylation sites is 1. The molecule has 3 aromatic carbocycles. The van der Waals surface area contributed by atoms with Crippen molar-refractivity contribution < 1.29 is 4.74 Å². The van der Waals surface area contributed by atoms with Gasteiger partial charge < -0.3 is 10.5 Å². The number of piperidine rings is 3. The largest absolute Gasteiger partial charge is 0.496 e. The quantitative estimate of drug-likeness (QED) is 0.603. The molecule has 0 aromatic heterocycles. The standard InChI is InChI=1S/C20H23N.C8H11NO/c1-3-7-17(8-4-1)20(18-9-5-2-6-10-18)19-15-16-11-13-21(19)14-12-16;1-10-8-5-3-2-4-7(8)6-9/h1-10,16,19-20H,11-15H2;2-5H,6,9H2,1H3. The summed E-state index contributed by atoms with van der Waals surface area (Å²) in [6.07, 6.45) is 4.19. The summed E-state index contributed by atoms with van der Waals surface area (Å²) in [7, 11) is 1.65. The van der Waals surface area contributed by atoms with Crippen molar-refractivity contribution in [2.24, 2.45) is 11.7 Å². The molecular weight excluding hydrogens is 380 g/mol. The number of nitrogens with zero attached hydrogens (tertiary/aromatic N) is 1. The van der Waals surface area contributed by atoms with Crippen LogP contribution in [-0.4, -0.2) is 31.1 Å². The van der Waals surface area contributed by atoms with Crippen LogP contribution in [0.4, 0.5) is 0 Å². The summed E-state index contributed by atoms with van der Waals surface area (Å²) in [6, 6.07) is 30.6. The molecule has 0 saturated carbocycles. The molecule has 2 N–H and O–H groups in total. The molecule has 3 fully saturated rings. The van der Waals surface area contributed by atoms with Gasteiger partial charge in [0.2, 0.25) is 0 Å². The number of hydrogen-bond donors (Lipinski definition) is 1. The van der Waals surface area contributed by atoms with Gasteiger partial charge in [-0.15, -0.1) is 0 Å². The average molecular weight is 415 g/mol. The zero-order valence-electron chi connectivity index (χ0n) is 18.5. The van der Waals surface area contributed by atoms with Crippen molar-refractivity contribution in [2.45, 2.75) is 37.8 Å². The Morgan fingerprint density at radius 2 is 1.39 bits per heavy atom. The minimum atomic E-state index is 0.524. The van der Waals surface area contributed by atoms with Gasteiger partial charge in [0.1, 0.15) is 5.75 Å². The Balaban J connectivity index is 0.000000196. The lowest BCUT2D eigenvalue weighted by atomic mass is 9.74. The average Bonchev–Trinajstić information content (AvgIpc) is 2.87. The van der Waals surface area contributed by atoms with Crippen LogP contribution in [0.3, 0.4) is 0 Å². The maximum absolute atomic E-state index is 5.45. The summed E-state index contributed by atoms with van der Waals surface area (Å²) in [5.41, 5.74) is 9.44. The normalized spacial score (nSPS) is 22.0. The van der Waals surface area contributed by atoms with E-state index in [9.17, 15) is 0 Å². The fourth-order valence-corrected chi connectivity index (χ4v) is 5.19. The van der Waals surface area contributed by atoms with Gasteiger partial charge in [0.25, 0.3) is 0 Å². The highest BCUT2D eigenvalue weighted by Gasteiger charge is 2.38. The monoisotopic (exact) mass is 414 g/mol. The van der Waals surface area contributed by atoms with Crippen LogP contribution in [0.1, 0.15) is 41.9 Å². The van der Waals surface area contributed by atoms with E-state index in [2.05, 4.69) is 65.6 Å². The number of ether oxygens (including phenoxy) is 1. The molecule has 3 aliphatic rings. The summed E-state index contributed by atoms with van der Waals surface area (Å²) in [4.78, 5) is 2.74. The third-order valence-corrected chi connectivity index (χ3v) is 6.81. The van der Waals surface area contributed by atoms with Crippen LogP contribution in [0.5, 0.6) is 5.75 Å². The van der Waals surface area contributed by atoms with E-state index in [1.54, 1.807) is 7.11 Å². The van der Waals surface area contributed by atoms with E-state index in [-0.39, 0.29) is 0 Å². The minimum Gasteiger partial charge on any atom is -0.496 e. The van der Waals surface area contributed by atoms with Gasteiger partial charge in [-0.2, -0.15) is 0 Å². The Bertz CT molecular complexity index is 858. The Hall–Kier alpha value is -2.62. The topological polar surface area (TPSA) is 38.5 Å². The molecule has 0 amide bonds. The van der Waals surface area contributed by atoms with E-state index in [4.69, 9.17) is 10.5 Å². The maximum Gasteiger partial charge on any atom is 0.123 e. The number of rotatable bonds is 5. The molecule has 3 heteroatoms. The van der Waals surface area contributed by atoms with Crippen LogP contribution < -0.4 is 10.5 Å². The first kappa shape index (κ1) is 21.6. The molecule has 31 heavy (non-hydrogen) atoms. The van der Waals surface area contributed by atoms with Crippen LogP contribution in [0.25, 0.3) is 0 Å². The molecule has 3 heterocycles. The molecule has 0 radical (unpaired) electrons. The van der Waals surface area contributed by atoms with Crippen molar-refractivity contribution >= 4 is 0 Å². The van der Waals surface area contributed by atoms with Gasteiger partial charge in [-0.3, -0.25) is 4.90 Å². The first-order valence-electron chi connectivity index (χ1n) is 11.5. The molecule has 3 aliphatic heterocycles. The molecule has 3 nitrogen and oxygen atoms in total. The van der Waals surface area contributed by atoms with E-state index >= 15 is 0 Å². The number of methoxy groups -OCH3 is 1. The molecule has 3 saturated heterocycles. The summed E-state index contributed by atoms with van der Waals surface area (Å²) >= 11 is 0. The highest BCUT2D eigenvalue weighted by molar-refractivity contribution is 5.35. The predicted molar refractivity (Wildman–Crippen MR) is 128 cm³/mol. The highest BCUT2D eigenvalue weighted by Crippen LogP contribution is 2.41. The van der Waals surface area contributed by atoms with Crippen molar-refractivity contribution in [2.75, 3.05) is 20.2 Å². The molecule has 6 rings (SSSR count). The Morgan fingerprint density at radius 1 is 0.839 bits per heavy atom. The molecule has 1 atom stereocenters. The lowest BCUT2D eigenvalue weighted by molar-refractivity contribution is 0.0411. The number of hydrogen-bond acceptors (Lipinski definition) is 3. The second kappa shape index (κ2) is 10.6. The zero-order chi connectivity index (χ0) is 21.5. The maximum atomic E-state index is 5.45. The number of fused-ring (bicyclic) bond motifs is 3. The molecule has 0 aliphatic carbocycles. The van der Waals surface area contributed by atoms with Crippen LogP contribution in [-0.2, 0) is 6.54 Å². The number of benzene rings is 3. The zero-order valence-corrected chi connectivity index (χ0v) is 18.5. The molecule has 162 valence electrons. The Kier molecular flexibility index (Phi) is 7.39. The van der Waals surface area contributed by atoms with E-state index < -0.39 is 0 Å². The minimum absolute atomic E-state index is 0.524. The van der Waals surface area contributed by atoms with Gasteiger partial charge in [-0.05, 0) is 55.5 Å². The molecule has 3 aromatic rings. The second-order valence-corrected chi connectivity index (χ2v) is 8.60. The lowest BCUT2D eigenvalue weighted by Gasteiger charge is -2.48. The van der Waals surface area contributed by atoms with E-state index in [1.807, 2.05) is 24.3 Å². The summed E-state index contributed by atoms with van der Waals surface area (Å²) in [5.74, 6) is 2.34. The van der Waals surface area contributed by atoms with Crippen LogP contribution in [0.2, 0.25) is 0 Å². The van der Waals surface area contributed by atoms with Gasteiger partial charge in [-0.1, -0.05) is 78.9 Å². The summed E-state index contributed by atoms with van der Waals surface area (Å²) < 4.78 is 5.06. The Labute approximate surface area is 186 Å². The van der Waals surface area contributed by atoms with Crippen molar-refractivity contribution in [3.8, 4) is 5.75 Å². The van der Waals surface area contributed by atoms with Gasteiger partial charge in [-0.25, -0.2) is 0 Å². The predicted octanol–water partition coefficient (Wildman–Crippen LogP) is 5.46. The molecule has 2 bridgehead atoms. The summed E-state index contributed by atoms with van der Waals surface area (Å²) in [6.45, 7) is 3.13. The first-order chi connectivity index (χ1) is 15.3. The molecular formula is C28H34N2O. The van der Waals surface area contributed by atoms with Crippen LogP contribution in [0, 0.1) is 5.92 Å². The van der Waals surface area contributed by atoms with Crippen molar-refractivity contribution in [3.63, 3.8) is 0 Å². The molecule has 0 spiro atoms. The third kappa shape index (κ3) is 5.17. The first-order valence-corrected chi connectivity index (χ1v) is 11.5. The summed E-state index contributed by atoms with van der Waals surface area (Å²) in [5, 5.41) is 0. The van der Waals surface area contributed by atoms with Crippen molar-refractivity contribution in [1.82, 2.24) is 4.90 Å². The van der Waals surface area contributed by atoms with Crippen molar-refractivity contribution in [1.29, 1.82) is 0 Å². The third-order valence-electron chi connectivity index (χ3n) is 6.81. The van der Waals surface area contributed by atoms with Crippen LogP contribution in [0.15, 0.2) is 84.9 Å². The van der Waals surface area contributed by atoms with E-state index in [0.717, 1.165) is 17.2 Å². The van der Waals surface area contributed by atoms with Crippen LogP contribution >= 0.6 is 0 Å². The lowest BCUT2D eigenvalue weighted by Crippen LogP contribution is -2.51. The molecule has 1 unspecified atom stereocenters. The van der Waals surface area contributed by atoms with E-state index in [1.165, 1.54) is 43.5 Å². The van der Waals surface area contributed by atoms with Crippen molar-refractivity contribution in [3.05, 3.63) is 102 Å². The van der Waals surface area contributed by atoms with Gasteiger partial charge in [0.15, 0.2) is 0 Å². The van der Waals surface area contributed by atoms with Gasteiger partial charge in [0.05, 0.1) is 7.11 Å². The second-order valence-electron chi connectivity index (χ2n) is 8.60. The number of nitrogens with two attached hydrogens (primary N) is 1. The fraction of sp³-hybridized carbons (Fsp3) is 0.357. The Morgan fingerprint density at radius 3 is 1.84 bits per heavy atom. The van der Waals surface area contributed by atoms with E-state index in [0.29, 0.717) is 18.5 Å². The fourth-order valence-electron chi connectivity index (χ4n) is 5.19. The van der Waals surface area contributed by atoms with Gasteiger partial charge >= 0.3 is 0 Å². The SMILES string of the molecule is COc1ccccc1CN.c1ccc(C(c2ccccc2)C2CC3CCN2CC3)cc1. The smallest absolute Gasteiger partial charge is 0.123 e. The van der Waals surface area contributed by atoms with Gasteiger partial charge in [0, 0.05) is 24.1 Å². The highest BCUT2D eigenvalue weighted by atomic mass is 16.5.